The lowest BCUT2D eigenvalue weighted by molar-refractivity contribution is 0.0602. The first-order valence-corrected chi connectivity index (χ1v) is 11.7. The molecule has 0 amide bonds. The van der Waals surface area contributed by atoms with Crippen molar-refractivity contribution in [1.82, 2.24) is 19.9 Å². The molecule has 2 aromatic carbocycles. The van der Waals surface area contributed by atoms with Crippen molar-refractivity contribution in [3.05, 3.63) is 96.6 Å². The minimum atomic E-state index is -1.33. The number of aliphatic hydroxyl groups is 1. The summed E-state index contributed by atoms with van der Waals surface area (Å²) >= 11 is 0. The Kier molecular flexibility index (Phi) is 4.93. The van der Waals surface area contributed by atoms with Gasteiger partial charge in [0.05, 0.1) is 33.5 Å². The van der Waals surface area contributed by atoms with Crippen molar-refractivity contribution in [1.29, 1.82) is 0 Å². The predicted molar refractivity (Wildman–Crippen MR) is 137 cm³/mol. The number of pyridine rings is 4. The Balaban J connectivity index is 1.59. The maximum Gasteiger partial charge on any atom is 0.148 e. The molecule has 0 aliphatic heterocycles. The van der Waals surface area contributed by atoms with Gasteiger partial charge in [0.15, 0.2) is 0 Å². The zero-order valence-corrected chi connectivity index (χ0v) is 18.9. The summed E-state index contributed by atoms with van der Waals surface area (Å²) in [6, 6.07) is 24.0. The van der Waals surface area contributed by atoms with Crippen LogP contribution in [-0.4, -0.2) is 25.0 Å². The Bertz CT molecular complexity index is 1560. The summed E-state index contributed by atoms with van der Waals surface area (Å²) in [7, 11) is 0. The second-order valence-corrected chi connectivity index (χ2v) is 8.78. The molecule has 5 heteroatoms. The highest BCUT2D eigenvalue weighted by Gasteiger charge is 2.34. The minimum absolute atomic E-state index is 0.525. The van der Waals surface area contributed by atoms with Crippen LogP contribution in [0.15, 0.2) is 85.2 Å². The summed E-state index contributed by atoms with van der Waals surface area (Å²) in [5.41, 5.74) is 3.10. The molecule has 6 aromatic rings. The normalized spacial score (nSPS) is 12.2. The molecule has 0 spiro atoms. The molecular formula is C29H24N4O. The SMILES string of the molecule is CCCCC(O)(c1ccc2ccc3cccnc3c2n1)c1ccc2ccc3cccnc3c2n1. The van der Waals surface area contributed by atoms with Crippen molar-refractivity contribution >= 4 is 43.6 Å². The van der Waals surface area contributed by atoms with Gasteiger partial charge in [-0.1, -0.05) is 68.3 Å². The van der Waals surface area contributed by atoms with E-state index < -0.39 is 5.60 Å². The van der Waals surface area contributed by atoms with Crippen LogP contribution in [0.2, 0.25) is 0 Å². The third-order valence-electron chi connectivity index (χ3n) is 6.60. The van der Waals surface area contributed by atoms with Gasteiger partial charge in [-0.05, 0) is 30.7 Å². The standard InChI is InChI=1S/C29H24N4O/c1-2-3-16-29(34,23-14-12-21-10-8-19-6-4-17-30-25(19)27(21)32-23)24-15-13-22-11-9-20-7-5-18-31-26(20)28(22)33-24/h4-15,17-18,34H,2-3,16H2,1H3. The van der Waals surface area contributed by atoms with E-state index in [1.807, 2.05) is 60.7 Å². The number of fused-ring (bicyclic) bond motifs is 6. The molecule has 4 aromatic heterocycles. The molecule has 0 bridgehead atoms. The van der Waals surface area contributed by atoms with Gasteiger partial charge in [0.25, 0.3) is 0 Å². The zero-order valence-electron chi connectivity index (χ0n) is 18.9. The molecule has 0 unspecified atom stereocenters. The van der Waals surface area contributed by atoms with Gasteiger partial charge in [0.2, 0.25) is 0 Å². The lowest BCUT2D eigenvalue weighted by Crippen LogP contribution is -2.30. The van der Waals surface area contributed by atoms with Gasteiger partial charge in [-0.15, -0.1) is 0 Å². The fourth-order valence-corrected chi connectivity index (χ4v) is 4.73. The van der Waals surface area contributed by atoms with Crippen LogP contribution in [0.4, 0.5) is 0 Å². The number of unbranched alkanes of at least 4 members (excludes halogenated alkanes) is 1. The summed E-state index contributed by atoms with van der Waals surface area (Å²) in [4.78, 5) is 19.1. The molecule has 0 fully saturated rings. The van der Waals surface area contributed by atoms with Crippen molar-refractivity contribution in [2.75, 3.05) is 0 Å². The van der Waals surface area contributed by atoms with E-state index in [-0.39, 0.29) is 0 Å². The van der Waals surface area contributed by atoms with Gasteiger partial charge in [0.1, 0.15) is 5.60 Å². The van der Waals surface area contributed by atoms with E-state index in [2.05, 4.69) is 29.0 Å². The van der Waals surface area contributed by atoms with Crippen LogP contribution in [-0.2, 0) is 5.60 Å². The lowest BCUT2D eigenvalue weighted by atomic mass is 9.87. The molecule has 4 heterocycles. The Morgan fingerprint density at radius 2 is 1.06 bits per heavy atom. The van der Waals surface area contributed by atoms with Crippen LogP contribution in [0.5, 0.6) is 0 Å². The fourth-order valence-electron chi connectivity index (χ4n) is 4.73. The van der Waals surface area contributed by atoms with Gasteiger partial charge in [-0.3, -0.25) is 9.97 Å². The summed E-state index contributed by atoms with van der Waals surface area (Å²) in [5, 5.41) is 16.2. The fraction of sp³-hybridized carbons (Fsp3) is 0.172. The van der Waals surface area contributed by atoms with Gasteiger partial charge in [-0.2, -0.15) is 0 Å². The lowest BCUT2D eigenvalue weighted by Gasteiger charge is -2.28. The van der Waals surface area contributed by atoms with Gasteiger partial charge >= 0.3 is 0 Å². The largest absolute Gasteiger partial charge is 0.377 e. The highest BCUT2D eigenvalue weighted by Crippen LogP contribution is 2.36. The van der Waals surface area contributed by atoms with E-state index in [1.165, 1.54) is 0 Å². The number of hydrogen-bond acceptors (Lipinski definition) is 5. The average Bonchev–Trinajstić information content (AvgIpc) is 2.91. The molecular weight excluding hydrogens is 420 g/mol. The van der Waals surface area contributed by atoms with Crippen molar-refractivity contribution < 1.29 is 5.11 Å². The first-order chi connectivity index (χ1) is 16.7. The van der Waals surface area contributed by atoms with Crippen LogP contribution < -0.4 is 0 Å². The smallest absolute Gasteiger partial charge is 0.148 e. The Morgan fingerprint density at radius 3 is 1.53 bits per heavy atom. The zero-order chi connectivity index (χ0) is 23.1. The first kappa shape index (κ1) is 20.6. The van der Waals surface area contributed by atoms with Crippen LogP contribution in [0.1, 0.15) is 37.6 Å². The molecule has 5 nitrogen and oxygen atoms in total. The van der Waals surface area contributed by atoms with Crippen LogP contribution in [0.25, 0.3) is 43.6 Å². The second-order valence-electron chi connectivity index (χ2n) is 8.78. The molecule has 0 atom stereocenters. The molecule has 0 aliphatic carbocycles. The number of aromatic nitrogens is 4. The van der Waals surface area contributed by atoms with Crippen LogP contribution >= 0.6 is 0 Å². The van der Waals surface area contributed by atoms with Crippen molar-refractivity contribution in [2.45, 2.75) is 31.8 Å². The first-order valence-electron chi connectivity index (χ1n) is 11.7. The molecule has 6 rings (SSSR count). The van der Waals surface area contributed by atoms with Gasteiger partial charge in [0, 0.05) is 33.9 Å². The summed E-state index contributed by atoms with van der Waals surface area (Å²) in [5.74, 6) is 0. The van der Waals surface area contributed by atoms with Crippen LogP contribution in [0.3, 0.4) is 0 Å². The third kappa shape index (κ3) is 3.28. The molecule has 0 saturated heterocycles. The van der Waals surface area contributed by atoms with E-state index in [9.17, 15) is 5.11 Å². The molecule has 0 radical (unpaired) electrons. The van der Waals surface area contributed by atoms with E-state index in [1.54, 1.807) is 12.4 Å². The number of rotatable bonds is 5. The quantitative estimate of drug-likeness (QED) is 0.316. The molecule has 0 saturated carbocycles. The Labute approximate surface area is 197 Å². The number of benzene rings is 2. The minimum Gasteiger partial charge on any atom is -0.377 e. The number of nitrogens with zero attached hydrogens (tertiary/aromatic N) is 4. The topological polar surface area (TPSA) is 71.8 Å². The van der Waals surface area contributed by atoms with Crippen LogP contribution in [0, 0.1) is 0 Å². The molecule has 0 aliphatic rings. The monoisotopic (exact) mass is 444 g/mol. The van der Waals surface area contributed by atoms with E-state index >= 15 is 0 Å². The van der Waals surface area contributed by atoms with Crippen molar-refractivity contribution in [3.8, 4) is 0 Å². The summed E-state index contributed by atoms with van der Waals surface area (Å²) < 4.78 is 0. The van der Waals surface area contributed by atoms with E-state index in [0.29, 0.717) is 17.8 Å². The average molecular weight is 445 g/mol. The third-order valence-corrected chi connectivity index (χ3v) is 6.60. The van der Waals surface area contributed by atoms with Crippen molar-refractivity contribution in [2.24, 2.45) is 0 Å². The second kappa shape index (κ2) is 8.12. The molecule has 166 valence electrons. The number of hydrogen-bond donors (Lipinski definition) is 1. The summed E-state index contributed by atoms with van der Waals surface area (Å²) in [6.07, 6.45) is 5.89. The highest BCUT2D eigenvalue weighted by atomic mass is 16.3. The van der Waals surface area contributed by atoms with E-state index in [4.69, 9.17) is 9.97 Å². The maximum atomic E-state index is 12.2. The Hall–Kier alpha value is -3.96. The van der Waals surface area contributed by atoms with E-state index in [0.717, 1.165) is 56.5 Å². The molecule has 1 N–H and O–H groups in total. The van der Waals surface area contributed by atoms with Gasteiger partial charge in [-0.25, -0.2) is 9.97 Å². The Morgan fingerprint density at radius 1 is 0.618 bits per heavy atom. The highest BCUT2D eigenvalue weighted by molar-refractivity contribution is 6.03. The molecule has 34 heavy (non-hydrogen) atoms. The summed E-state index contributed by atoms with van der Waals surface area (Å²) in [6.45, 7) is 2.12. The van der Waals surface area contributed by atoms with Gasteiger partial charge < -0.3 is 5.11 Å². The predicted octanol–water partition coefficient (Wildman–Crippen LogP) is 6.31. The van der Waals surface area contributed by atoms with Crippen molar-refractivity contribution in [3.63, 3.8) is 0 Å². The maximum absolute atomic E-state index is 12.2.